The fraction of sp³-hybridized carbons (Fsp3) is 0.688. The van der Waals surface area contributed by atoms with E-state index in [1.807, 2.05) is 17.5 Å². The molecular formula is C16H24N2OS. The van der Waals surface area contributed by atoms with E-state index in [1.54, 1.807) is 11.3 Å². The molecule has 1 aromatic heterocycles. The summed E-state index contributed by atoms with van der Waals surface area (Å²) in [5, 5.41) is 1.98. The molecule has 3 rings (SSSR count). The van der Waals surface area contributed by atoms with Crippen LogP contribution in [0.15, 0.2) is 17.5 Å². The van der Waals surface area contributed by atoms with Gasteiger partial charge < -0.3 is 4.90 Å². The lowest BCUT2D eigenvalue weighted by atomic mass is 10.1. The molecule has 2 fully saturated rings. The quantitative estimate of drug-likeness (QED) is 0.780. The Morgan fingerprint density at radius 1 is 1.35 bits per heavy atom. The van der Waals surface area contributed by atoms with Gasteiger partial charge in [0.15, 0.2) is 5.78 Å². The molecule has 2 aliphatic heterocycles. The third-order valence-corrected chi connectivity index (χ3v) is 5.82. The van der Waals surface area contributed by atoms with E-state index in [4.69, 9.17) is 0 Å². The van der Waals surface area contributed by atoms with Crippen LogP contribution in [0.5, 0.6) is 0 Å². The van der Waals surface area contributed by atoms with Crippen molar-refractivity contribution in [3.8, 4) is 0 Å². The minimum atomic E-state index is 0.313. The molecule has 0 radical (unpaired) electrons. The van der Waals surface area contributed by atoms with E-state index < -0.39 is 0 Å². The van der Waals surface area contributed by atoms with Gasteiger partial charge in [-0.2, -0.15) is 0 Å². The molecule has 0 amide bonds. The first-order valence-electron chi connectivity index (χ1n) is 7.75. The summed E-state index contributed by atoms with van der Waals surface area (Å²) in [6, 6.07) is 5.44. The van der Waals surface area contributed by atoms with Crippen LogP contribution in [0.25, 0.3) is 0 Å². The number of hydrogen-bond donors (Lipinski definition) is 0. The van der Waals surface area contributed by atoms with Gasteiger partial charge in [0.1, 0.15) is 0 Å². The number of Topliss-reactive ketones (excluding diaryl/α,β-unsaturated/α-hetero) is 1. The molecule has 2 unspecified atom stereocenters. The lowest BCUT2D eigenvalue weighted by Gasteiger charge is -2.25. The predicted octanol–water partition coefficient (Wildman–Crippen LogP) is 2.88. The zero-order valence-electron chi connectivity index (χ0n) is 12.3. The number of fused-ring (bicyclic) bond motifs is 2. The number of thiophene rings is 1. The number of nitrogens with zero attached hydrogens (tertiary/aromatic N) is 2. The molecule has 4 heteroatoms. The van der Waals surface area contributed by atoms with E-state index >= 15 is 0 Å². The van der Waals surface area contributed by atoms with Crippen molar-refractivity contribution in [3.63, 3.8) is 0 Å². The van der Waals surface area contributed by atoms with Crippen LogP contribution in [0.3, 0.4) is 0 Å². The molecule has 0 N–H and O–H groups in total. The molecule has 3 heterocycles. The zero-order valence-corrected chi connectivity index (χ0v) is 13.1. The van der Waals surface area contributed by atoms with E-state index in [0.29, 0.717) is 12.2 Å². The largest absolute Gasteiger partial charge is 0.302 e. The third kappa shape index (κ3) is 3.13. The van der Waals surface area contributed by atoms with Gasteiger partial charge in [-0.15, -0.1) is 11.3 Å². The highest BCUT2D eigenvalue weighted by atomic mass is 32.1. The van der Waals surface area contributed by atoms with Crippen LogP contribution in [-0.4, -0.2) is 54.3 Å². The molecule has 0 saturated carbocycles. The molecule has 2 atom stereocenters. The lowest BCUT2D eigenvalue weighted by molar-refractivity contribution is 0.0978. The van der Waals surface area contributed by atoms with E-state index in [-0.39, 0.29) is 0 Å². The van der Waals surface area contributed by atoms with E-state index in [2.05, 4.69) is 16.8 Å². The second kappa shape index (κ2) is 6.37. The predicted molar refractivity (Wildman–Crippen MR) is 83.5 cm³/mol. The van der Waals surface area contributed by atoms with Gasteiger partial charge >= 0.3 is 0 Å². The Labute approximate surface area is 125 Å². The summed E-state index contributed by atoms with van der Waals surface area (Å²) in [5.74, 6) is 0.313. The van der Waals surface area contributed by atoms with Gasteiger partial charge in [0.05, 0.1) is 4.88 Å². The Balaban J connectivity index is 1.44. The summed E-state index contributed by atoms with van der Waals surface area (Å²) < 4.78 is 0. The van der Waals surface area contributed by atoms with E-state index in [1.165, 1.54) is 32.4 Å². The molecule has 2 bridgehead atoms. The third-order valence-electron chi connectivity index (χ3n) is 4.91. The highest BCUT2D eigenvalue weighted by molar-refractivity contribution is 7.12. The first-order valence-corrected chi connectivity index (χ1v) is 8.63. The standard InChI is InChI=1S/C16H24N2OS/c1-17-13-6-7-14(17)12-18(10-8-13)9-2-4-15(19)16-5-3-11-20-16/h3,5,11,13-14H,2,4,6-10,12H2,1H3. The second-order valence-corrected chi connectivity index (χ2v) is 7.09. The number of ketones is 1. The first-order chi connectivity index (χ1) is 9.74. The number of likely N-dealkylation sites (N-methyl/N-ethyl adjacent to an activating group) is 1. The zero-order chi connectivity index (χ0) is 13.9. The van der Waals surface area contributed by atoms with E-state index in [0.717, 1.165) is 29.9 Å². The average Bonchev–Trinajstić information content (AvgIpc) is 3.02. The minimum absolute atomic E-state index is 0.313. The summed E-state index contributed by atoms with van der Waals surface area (Å²) in [6.07, 6.45) is 5.72. The van der Waals surface area contributed by atoms with Crippen LogP contribution >= 0.6 is 11.3 Å². The minimum Gasteiger partial charge on any atom is -0.302 e. The van der Waals surface area contributed by atoms with Crippen molar-refractivity contribution in [2.75, 3.05) is 26.7 Å². The van der Waals surface area contributed by atoms with Crippen LogP contribution in [0.2, 0.25) is 0 Å². The van der Waals surface area contributed by atoms with Crippen molar-refractivity contribution in [3.05, 3.63) is 22.4 Å². The number of carbonyl (C=O) groups excluding carboxylic acids is 1. The number of likely N-dealkylation sites (tertiary alicyclic amines) is 1. The van der Waals surface area contributed by atoms with Crippen LogP contribution < -0.4 is 0 Å². The highest BCUT2D eigenvalue weighted by Crippen LogP contribution is 2.28. The van der Waals surface area contributed by atoms with Crippen LogP contribution in [0.4, 0.5) is 0 Å². The summed E-state index contributed by atoms with van der Waals surface area (Å²) >= 11 is 1.56. The van der Waals surface area contributed by atoms with Crippen molar-refractivity contribution >= 4 is 17.1 Å². The smallest absolute Gasteiger partial charge is 0.172 e. The van der Waals surface area contributed by atoms with E-state index in [9.17, 15) is 4.79 Å². The molecule has 110 valence electrons. The topological polar surface area (TPSA) is 23.6 Å². The van der Waals surface area contributed by atoms with Crippen molar-refractivity contribution in [1.29, 1.82) is 0 Å². The maximum absolute atomic E-state index is 12.0. The molecule has 2 aliphatic rings. The van der Waals surface area contributed by atoms with Gasteiger partial charge in [0.25, 0.3) is 0 Å². The van der Waals surface area contributed by atoms with Gasteiger partial charge in [0, 0.05) is 25.0 Å². The normalized spacial score (nSPS) is 27.6. The molecule has 20 heavy (non-hydrogen) atoms. The van der Waals surface area contributed by atoms with Crippen LogP contribution in [0.1, 0.15) is 41.8 Å². The number of carbonyl (C=O) groups is 1. The molecule has 1 aromatic rings. The Morgan fingerprint density at radius 2 is 2.20 bits per heavy atom. The number of rotatable bonds is 5. The molecule has 0 spiro atoms. The monoisotopic (exact) mass is 292 g/mol. The molecular weight excluding hydrogens is 268 g/mol. The fourth-order valence-corrected chi connectivity index (χ4v) is 4.30. The summed E-state index contributed by atoms with van der Waals surface area (Å²) in [7, 11) is 2.28. The van der Waals surface area contributed by atoms with Gasteiger partial charge in [-0.1, -0.05) is 6.07 Å². The Kier molecular flexibility index (Phi) is 4.54. The van der Waals surface area contributed by atoms with Gasteiger partial charge in [-0.05, 0) is 57.3 Å². The van der Waals surface area contributed by atoms with Crippen molar-refractivity contribution in [2.45, 2.75) is 44.2 Å². The Hall–Kier alpha value is -0.710. The van der Waals surface area contributed by atoms with Crippen molar-refractivity contribution < 1.29 is 4.79 Å². The maximum Gasteiger partial charge on any atom is 0.172 e. The summed E-state index contributed by atoms with van der Waals surface area (Å²) in [5.41, 5.74) is 0. The molecule has 0 aliphatic carbocycles. The van der Waals surface area contributed by atoms with Crippen molar-refractivity contribution in [1.82, 2.24) is 9.80 Å². The molecule has 3 nitrogen and oxygen atoms in total. The fourth-order valence-electron chi connectivity index (χ4n) is 3.61. The Bertz CT molecular complexity index is 445. The average molecular weight is 292 g/mol. The summed E-state index contributed by atoms with van der Waals surface area (Å²) in [6.45, 7) is 3.48. The number of hydrogen-bond acceptors (Lipinski definition) is 4. The van der Waals surface area contributed by atoms with Crippen LogP contribution in [-0.2, 0) is 0 Å². The first kappa shape index (κ1) is 14.2. The van der Waals surface area contributed by atoms with Gasteiger partial charge in [0.2, 0.25) is 0 Å². The maximum atomic E-state index is 12.0. The molecule has 0 aromatic carbocycles. The SMILES string of the molecule is CN1C2CCC1CN(CCCC(=O)c1cccs1)CC2. The lowest BCUT2D eigenvalue weighted by Crippen LogP contribution is -2.37. The second-order valence-electron chi connectivity index (χ2n) is 6.14. The summed E-state index contributed by atoms with van der Waals surface area (Å²) in [4.78, 5) is 18.0. The Morgan fingerprint density at radius 3 is 3.00 bits per heavy atom. The van der Waals surface area contributed by atoms with Gasteiger partial charge in [-0.3, -0.25) is 9.69 Å². The van der Waals surface area contributed by atoms with Crippen molar-refractivity contribution in [2.24, 2.45) is 0 Å². The molecule has 2 saturated heterocycles. The highest BCUT2D eigenvalue weighted by Gasteiger charge is 2.34. The van der Waals surface area contributed by atoms with Gasteiger partial charge in [-0.25, -0.2) is 0 Å². The van der Waals surface area contributed by atoms with Crippen LogP contribution in [0, 0.1) is 0 Å².